The van der Waals surface area contributed by atoms with Crippen LogP contribution in [0.3, 0.4) is 0 Å². The Morgan fingerprint density at radius 1 is 1.58 bits per heavy atom. The summed E-state index contributed by atoms with van der Waals surface area (Å²) in [4.78, 5) is 27.2. The van der Waals surface area contributed by atoms with Crippen LogP contribution in [-0.2, 0) is 14.1 Å². The van der Waals surface area contributed by atoms with E-state index in [0.29, 0.717) is 6.26 Å². The number of aliphatic hydroxyl groups is 1. The van der Waals surface area contributed by atoms with Crippen molar-refractivity contribution >= 4 is 13.6 Å². The fraction of sp³-hybridized carbons (Fsp3) is 0.400. The lowest BCUT2D eigenvalue weighted by Gasteiger charge is -2.04. The quantitative estimate of drug-likeness (QED) is 0.256. The van der Waals surface area contributed by atoms with Crippen LogP contribution in [0.4, 0.5) is 0 Å². The smallest absolute Gasteiger partial charge is 0.362 e. The lowest BCUT2D eigenvalue weighted by molar-refractivity contribution is -0.137. The van der Waals surface area contributed by atoms with Gasteiger partial charge in [0.25, 0.3) is 0 Å². The molecular weight excluding hydrogens is 187 g/mol. The average Bonchev–Trinajstić information content (AvgIpc) is 1.97. The second-order valence-corrected chi connectivity index (χ2v) is 3.63. The Bertz CT molecular complexity index is 238. The molecular formula is C5H9O6P. The van der Waals surface area contributed by atoms with Gasteiger partial charge in [-0.1, -0.05) is 0 Å². The van der Waals surface area contributed by atoms with E-state index in [1.807, 2.05) is 0 Å². The van der Waals surface area contributed by atoms with E-state index < -0.39 is 19.9 Å². The molecule has 0 bridgehead atoms. The predicted molar refractivity (Wildman–Crippen MR) is 39.4 cm³/mol. The van der Waals surface area contributed by atoms with Crippen molar-refractivity contribution in [2.75, 3.05) is 6.35 Å². The summed E-state index contributed by atoms with van der Waals surface area (Å²) >= 11 is 0. The Balaban J connectivity index is 3.97. The average molecular weight is 196 g/mol. The molecule has 0 radical (unpaired) electrons. The summed E-state index contributed by atoms with van der Waals surface area (Å²) in [5.74, 6) is -0.958. The first kappa shape index (κ1) is 11.2. The molecule has 0 aliphatic carbocycles. The van der Waals surface area contributed by atoms with Gasteiger partial charge >= 0.3 is 13.6 Å². The highest BCUT2D eigenvalue weighted by atomic mass is 31.2. The summed E-state index contributed by atoms with van der Waals surface area (Å²) in [5.41, 5.74) is -0.122. The van der Waals surface area contributed by atoms with Crippen molar-refractivity contribution in [3.8, 4) is 0 Å². The molecule has 0 atom stereocenters. The minimum Gasteiger partial charge on any atom is -0.515 e. The fourth-order valence-electron chi connectivity index (χ4n) is 0.309. The number of carbonyl (C=O) groups excluding carboxylic acids is 1. The Morgan fingerprint density at radius 2 is 2.08 bits per heavy atom. The highest BCUT2D eigenvalue weighted by Crippen LogP contribution is 2.34. The molecule has 0 aromatic carbocycles. The van der Waals surface area contributed by atoms with Gasteiger partial charge in [-0.2, -0.15) is 0 Å². The minimum absolute atomic E-state index is 0.122. The van der Waals surface area contributed by atoms with Gasteiger partial charge in [0.1, 0.15) is 0 Å². The maximum Gasteiger partial charge on any atom is 0.362 e. The molecule has 6 nitrogen and oxygen atoms in total. The molecule has 3 N–H and O–H groups in total. The lowest BCUT2D eigenvalue weighted by atomic mass is 10.3. The summed E-state index contributed by atoms with van der Waals surface area (Å²) < 4.78 is 14.3. The van der Waals surface area contributed by atoms with Crippen LogP contribution in [0.5, 0.6) is 0 Å². The molecule has 7 heteroatoms. The van der Waals surface area contributed by atoms with Crippen LogP contribution in [0, 0.1) is 0 Å². The zero-order chi connectivity index (χ0) is 9.78. The summed E-state index contributed by atoms with van der Waals surface area (Å²) in [6, 6.07) is 0. The van der Waals surface area contributed by atoms with Crippen LogP contribution < -0.4 is 0 Å². The van der Waals surface area contributed by atoms with Crippen LogP contribution >= 0.6 is 7.60 Å². The number of ether oxygens (including phenoxy) is 1. The van der Waals surface area contributed by atoms with Crippen molar-refractivity contribution in [3.05, 3.63) is 11.8 Å². The van der Waals surface area contributed by atoms with Crippen molar-refractivity contribution in [1.29, 1.82) is 0 Å². The Morgan fingerprint density at radius 3 is 2.42 bits per heavy atom. The van der Waals surface area contributed by atoms with Gasteiger partial charge in [0.2, 0.25) is 0 Å². The van der Waals surface area contributed by atoms with Crippen molar-refractivity contribution < 1.29 is 29.0 Å². The molecule has 0 saturated heterocycles. The monoisotopic (exact) mass is 196 g/mol. The summed E-state index contributed by atoms with van der Waals surface area (Å²) in [6.45, 7) is 1.25. The first-order valence-corrected chi connectivity index (χ1v) is 4.69. The Hall–Kier alpha value is -0.840. The summed E-state index contributed by atoms with van der Waals surface area (Å²) in [6.07, 6.45) is -0.473. The number of esters is 1. The number of hydrogen-bond donors (Lipinski definition) is 3. The normalized spacial score (nSPS) is 12.8. The van der Waals surface area contributed by atoms with E-state index in [1.165, 1.54) is 6.92 Å². The van der Waals surface area contributed by atoms with Crippen molar-refractivity contribution in [3.63, 3.8) is 0 Å². The molecule has 0 saturated carbocycles. The largest absolute Gasteiger partial charge is 0.515 e. The highest BCUT2D eigenvalue weighted by Gasteiger charge is 2.16. The molecule has 0 aliphatic heterocycles. The zero-order valence-corrected chi connectivity index (χ0v) is 7.19. The molecule has 0 aliphatic rings. The third-order valence-corrected chi connectivity index (χ3v) is 1.34. The SMILES string of the molecule is CC(=CO)C(=O)OCP(=O)(O)O. The Labute approximate surface area is 68.6 Å². The zero-order valence-electron chi connectivity index (χ0n) is 6.30. The van der Waals surface area contributed by atoms with Crippen LogP contribution in [-0.4, -0.2) is 27.2 Å². The van der Waals surface area contributed by atoms with Gasteiger partial charge < -0.3 is 19.6 Å². The predicted octanol–water partition coefficient (Wildman–Crippen LogP) is 0.127. The number of carbonyl (C=O) groups is 1. The van der Waals surface area contributed by atoms with Gasteiger partial charge in [0.15, 0.2) is 6.35 Å². The van der Waals surface area contributed by atoms with Gasteiger partial charge in [-0.25, -0.2) is 4.79 Å². The van der Waals surface area contributed by atoms with Crippen molar-refractivity contribution in [2.45, 2.75) is 6.92 Å². The van der Waals surface area contributed by atoms with Crippen molar-refractivity contribution in [1.82, 2.24) is 0 Å². The molecule has 0 rings (SSSR count). The minimum atomic E-state index is -4.32. The van der Waals surface area contributed by atoms with Crippen LogP contribution in [0.25, 0.3) is 0 Å². The van der Waals surface area contributed by atoms with Crippen LogP contribution in [0.1, 0.15) is 6.92 Å². The second-order valence-electron chi connectivity index (χ2n) is 2.04. The molecule has 0 amide bonds. The molecule has 0 aromatic heterocycles. The molecule has 12 heavy (non-hydrogen) atoms. The van der Waals surface area contributed by atoms with Gasteiger partial charge in [0, 0.05) is 0 Å². The van der Waals surface area contributed by atoms with E-state index in [2.05, 4.69) is 4.74 Å². The lowest BCUT2D eigenvalue weighted by Crippen LogP contribution is -2.07. The molecule has 0 heterocycles. The van der Waals surface area contributed by atoms with E-state index in [9.17, 15) is 9.36 Å². The van der Waals surface area contributed by atoms with Crippen molar-refractivity contribution in [2.24, 2.45) is 0 Å². The van der Waals surface area contributed by atoms with Crippen LogP contribution in [0.2, 0.25) is 0 Å². The third-order valence-electron chi connectivity index (χ3n) is 0.879. The molecule has 0 fully saturated rings. The number of rotatable bonds is 3. The van der Waals surface area contributed by atoms with E-state index in [4.69, 9.17) is 14.9 Å². The number of aliphatic hydroxyl groups excluding tert-OH is 1. The molecule has 70 valence electrons. The van der Waals surface area contributed by atoms with E-state index >= 15 is 0 Å². The first-order chi connectivity index (χ1) is 5.37. The Kier molecular flexibility index (Phi) is 3.95. The van der Waals surface area contributed by atoms with Gasteiger partial charge in [0.05, 0.1) is 11.8 Å². The van der Waals surface area contributed by atoms with E-state index in [-0.39, 0.29) is 5.57 Å². The maximum atomic E-state index is 10.6. The molecule has 0 unspecified atom stereocenters. The molecule has 0 aromatic rings. The highest BCUT2D eigenvalue weighted by molar-refractivity contribution is 7.51. The van der Waals surface area contributed by atoms with Gasteiger partial charge in [-0.15, -0.1) is 0 Å². The third kappa shape index (κ3) is 4.90. The first-order valence-electron chi connectivity index (χ1n) is 2.89. The standard InChI is InChI=1S/C5H9O6P/c1-4(2-6)5(7)11-3-12(8,9)10/h2,6H,3H2,1H3,(H2,8,9,10). The van der Waals surface area contributed by atoms with E-state index in [1.54, 1.807) is 0 Å². The van der Waals surface area contributed by atoms with Gasteiger partial charge in [-0.3, -0.25) is 4.57 Å². The topological polar surface area (TPSA) is 104 Å². The summed E-state index contributed by atoms with van der Waals surface area (Å²) in [7, 11) is -4.32. The summed E-state index contributed by atoms with van der Waals surface area (Å²) in [5, 5.41) is 8.28. The maximum absolute atomic E-state index is 10.6. The van der Waals surface area contributed by atoms with Crippen LogP contribution in [0.15, 0.2) is 11.8 Å². The fourth-order valence-corrected chi connectivity index (χ4v) is 0.595. The van der Waals surface area contributed by atoms with Gasteiger partial charge in [-0.05, 0) is 6.92 Å². The van der Waals surface area contributed by atoms with E-state index in [0.717, 1.165) is 0 Å². The second kappa shape index (κ2) is 4.25. The number of hydrogen-bond acceptors (Lipinski definition) is 4. The molecule has 0 spiro atoms.